The van der Waals surface area contributed by atoms with E-state index in [1.54, 1.807) is 7.05 Å². The van der Waals surface area contributed by atoms with Gasteiger partial charge in [0, 0.05) is 19.6 Å². The number of aryl methyl sites for hydroxylation is 2. The first-order valence-electron chi connectivity index (χ1n) is 6.59. The molecule has 1 unspecified atom stereocenters. The molecule has 7 nitrogen and oxygen atoms in total. The SMILES string of the molecule is CCCc1nn(C)c(NC(CN)C(C)C)c1[N+](=O)[O-]. The molecule has 7 heteroatoms. The van der Waals surface area contributed by atoms with E-state index in [4.69, 9.17) is 5.73 Å². The van der Waals surface area contributed by atoms with Crippen LogP contribution >= 0.6 is 0 Å². The largest absolute Gasteiger partial charge is 0.360 e. The molecule has 3 N–H and O–H groups in total. The maximum atomic E-state index is 11.3. The van der Waals surface area contributed by atoms with Gasteiger partial charge in [-0.1, -0.05) is 27.2 Å². The summed E-state index contributed by atoms with van der Waals surface area (Å²) in [5, 5.41) is 18.7. The van der Waals surface area contributed by atoms with Crippen LogP contribution in [0.3, 0.4) is 0 Å². The Morgan fingerprint density at radius 2 is 2.16 bits per heavy atom. The molecule has 1 atom stereocenters. The molecule has 0 aliphatic carbocycles. The van der Waals surface area contributed by atoms with E-state index in [1.807, 2.05) is 20.8 Å². The van der Waals surface area contributed by atoms with Gasteiger partial charge in [0.15, 0.2) is 0 Å². The van der Waals surface area contributed by atoms with Gasteiger partial charge >= 0.3 is 5.69 Å². The van der Waals surface area contributed by atoms with E-state index in [0.29, 0.717) is 24.5 Å². The predicted octanol–water partition coefficient (Wildman–Crippen LogP) is 1.68. The summed E-state index contributed by atoms with van der Waals surface area (Å²) in [5.74, 6) is 0.728. The molecule has 0 amide bonds. The summed E-state index contributed by atoms with van der Waals surface area (Å²) in [6.07, 6.45) is 1.42. The monoisotopic (exact) mass is 269 g/mol. The number of aromatic nitrogens is 2. The highest BCUT2D eigenvalue weighted by molar-refractivity contribution is 5.60. The lowest BCUT2D eigenvalue weighted by molar-refractivity contribution is -0.384. The van der Waals surface area contributed by atoms with Crippen molar-refractivity contribution in [2.24, 2.45) is 18.7 Å². The number of nitrogens with zero attached hydrogens (tertiary/aromatic N) is 3. The Bertz CT molecular complexity index is 442. The van der Waals surface area contributed by atoms with Crippen molar-refractivity contribution in [2.45, 2.75) is 39.7 Å². The average Bonchev–Trinajstić information content (AvgIpc) is 2.62. The number of nitrogens with two attached hydrogens (primary N) is 1. The van der Waals surface area contributed by atoms with Crippen molar-refractivity contribution in [2.75, 3.05) is 11.9 Å². The number of nitrogens with one attached hydrogen (secondary N) is 1. The van der Waals surface area contributed by atoms with Crippen molar-refractivity contribution in [3.8, 4) is 0 Å². The predicted molar refractivity (Wildman–Crippen MR) is 75.2 cm³/mol. The minimum atomic E-state index is -0.367. The van der Waals surface area contributed by atoms with Crippen LogP contribution in [0, 0.1) is 16.0 Å². The average molecular weight is 269 g/mol. The molecule has 0 aliphatic heterocycles. The Morgan fingerprint density at radius 3 is 2.58 bits per heavy atom. The van der Waals surface area contributed by atoms with Gasteiger partial charge in [0.1, 0.15) is 5.69 Å². The van der Waals surface area contributed by atoms with Crippen LogP contribution in [0.4, 0.5) is 11.5 Å². The molecular weight excluding hydrogens is 246 g/mol. The van der Waals surface area contributed by atoms with Gasteiger partial charge in [0.05, 0.1) is 4.92 Å². The molecule has 1 aromatic rings. The van der Waals surface area contributed by atoms with Crippen LogP contribution in [0.1, 0.15) is 32.9 Å². The summed E-state index contributed by atoms with van der Waals surface area (Å²) in [6.45, 7) is 6.45. The van der Waals surface area contributed by atoms with Gasteiger partial charge in [-0.25, -0.2) is 4.68 Å². The van der Waals surface area contributed by atoms with Gasteiger partial charge in [-0.2, -0.15) is 5.10 Å². The molecule has 0 saturated heterocycles. The van der Waals surface area contributed by atoms with Crippen molar-refractivity contribution in [3.63, 3.8) is 0 Å². The minimum Gasteiger partial charge on any atom is -0.360 e. The Hall–Kier alpha value is -1.63. The number of rotatable bonds is 7. The molecular formula is C12H23N5O2. The van der Waals surface area contributed by atoms with Crippen molar-refractivity contribution in [1.29, 1.82) is 0 Å². The summed E-state index contributed by atoms with van der Waals surface area (Å²) in [5.41, 5.74) is 6.30. The first-order chi connectivity index (χ1) is 8.92. The van der Waals surface area contributed by atoms with Crippen LogP contribution in [0.25, 0.3) is 0 Å². The van der Waals surface area contributed by atoms with E-state index >= 15 is 0 Å². The molecule has 0 aliphatic rings. The third-order valence-corrected chi connectivity index (χ3v) is 3.14. The summed E-state index contributed by atoms with van der Waals surface area (Å²) >= 11 is 0. The molecule has 108 valence electrons. The second-order valence-electron chi connectivity index (χ2n) is 5.01. The summed E-state index contributed by atoms with van der Waals surface area (Å²) in [7, 11) is 1.71. The second kappa shape index (κ2) is 6.51. The van der Waals surface area contributed by atoms with Crippen LogP contribution in [0.5, 0.6) is 0 Å². The molecule has 0 saturated carbocycles. The topological polar surface area (TPSA) is 99.0 Å². The molecule has 0 bridgehead atoms. The van der Waals surface area contributed by atoms with Gasteiger partial charge in [0.25, 0.3) is 0 Å². The lowest BCUT2D eigenvalue weighted by Gasteiger charge is -2.21. The highest BCUT2D eigenvalue weighted by Gasteiger charge is 2.28. The smallest absolute Gasteiger partial charge is 0.334 e. The zero-order valence-corrected chi connectivity index (χ0v) is 12.0. The van der Waals surface area contributed by atoms with Crippen LogP contribution in [0.2, 0.25) is 0 Å². The standard InChI is InChI=1S/C12H23N5O2/c1-5-6-9-11(17(18)19)12(16(4)15-9)14-10(7-13)8(2)3/h8,10,14H,5-7,13H2,1-4H3. The minimum absolute atomic E-state index is 0.0106. The van der Waals surface area contributed by atoms with Crippen molar-refractivity contribution < 1.29 is 4.92 Å². The van der Waals surface area contributed by atoms with E-state index in [2.05, 4.69) is 10.4 Å². The fraction of sp³-hybridized carbons (Fsp3) is 0.750. The van der Waals surface area contributed by atoms with E-state index in [1.165, 1.54) is 4.68 Å². The number of anilines is 1. The summed E-state index contributed by atoms with van der Waals surface area (Å²) < 4.78 is 1.54. The molecule has 1 rings (SSSR count). The molecule has 0 radical (unpaired) electrons. The van der Waals surface area contributed by atoms with Crippen molar-refractivity contribution in [1.82, 2.24) is 9.78 Å². The van der Waals surface area contributed by atoms with E-state index in [0.717, 1.165) is 6.42 Å². The van der Waals surface area contributed by atoms with E-state index in [-0.39, 0.29) is 22.6 Å². The maximum Gasteiger partial charge on any atom is 0.334 e. The zero-order chi connectivity index (χ0) is 14.6. The quantitative estimate of drug-likeness (QED) is 0.579. The van der Waals surface area contributed by atoms with Crippen molar-refractivity contribution in [3.05, 3.63) is 15.8 Å². The fourth-order valence-electron chi connectivity index (χ4n) is 2.00. The van der Waals surface area contributed by atoms with E-state index in [9.17, 15) is 10.1 Å². The number of nitro groups is 1. The van der Waals surface area contributed by atoms with Gasteiger partial charge < -0.3 is 11.1 Å². The van der Waals surface area contributed by atoms with Crippen molar-refractivity contribution >= 4 is 11.5 Å². The normalized spacial score (nSPS) is 12.7. The lowest BCUT2D eigenvalue weighted by atomic mass is 10.0. The Balaban J connectivity index is 3.15. The van der Waals surface area contributed by atoms with Gasteiger partial charge in [-0.3, -0.25) is 10.1 Å². The lowest BCUT2D eigenvalue weighted by Crippen LogP contribution is -2.34. The number of hydrogen-bond donors (Lipinski definition) is 2. The van der Waals surface area contributed by atoms with Crippen LogP contribution in [0.15, 0.2) is 0 Å². The van der Waals surface area contributed by atoms with Crippen LogP contribution < -0.4 is 11.1 Å². The van der Waals surface area contributed by atoms with E-state index < -0.39 is 0 Å². The third-order valence-electron chi connectivity index (χ3n) is 3.14. The Labute approximate surface area is 113 Å². The van der Waals surface area contributed by atoms with Crippen LogP contribution in [-0.2, 0) is 13.5 Å². The maximum absolute atomic E-state index is 11.3. The van der Waals surface area contributed by atoms with Crippen LogP contribution in [-0.4, -0.2) is 27.3 Å². The molecule has 0 fully saturated rings. The first-order valence-corrected chi connectivity index (χ1v) is 6.59. The van der Waals surface area contributed by atoms with Gasteiger partial charge in [-0.15, -0.1) is 0 Å². The van der Waals surface area contributed by atoms with Gasteiger partial charge in [-0.05, 0) is 12.3 Å². The first kappa shape index (κ1) is 15.4. The van der Waals surface area contributed by atoms with Gasteiger partial charge in [0.2, 0.25) is 5.82 Å². The summed E-state index contributed by atoms with van der Waals surface area (Å²) in [4.78, 5) is 10.9. The second-order valence-corrected chi connectivity index (χ2v) is 5.01. The molecule has 0 spiro atoms. The molecule has 1 aromatic heterocycles. The zero-order valence-electron chi connectivity index (χ0n) is 12.0. The Kier molecular flexibility index (Phi) is 5.29. The molecule has 19 heavy (non-hydrogen) atoms. The number of hydrogen-bond acceptors (Lipinski definition) is 5. The molecule has 1 heterocycles. The summed E-state index contributed by atoms with van der Waals surface area (Å²) in [6, 6.07) is -0.0106. The fourth-order valence-corrected chi connectivity index (χ4v) is 2.00. The molecule has 0 aromatic carbocycles. The Morgan fingerprint density at radius 1 is 1.53 bits per heavy atom. The third kappa shape index (κ3) is 3.44. The highest BCUT2D eigenvalue weighted by Crippen LogP contribution is 2.30. The highest BCUT2D eigenvalue weighted by atomic mass is 16.6.